The quantitative estimate of drug-likeness (QED) is 0.0850. The van der Waals surface area contributed by atoms with Crippen molar-refractivity contribution in [2.24, 2.45) is 0 Å². The van der Waals surface area contributed by atoms with Gasteiger partial charge in [-0.15, -0.1) is 0 Å². The van der Waals surface area contributed by atoms with E-state index < -0.39 is 0 Å². The van der Waals surface area contributed by atoms with Crippen molar-refractivity contribution in [3.63, 3.8) is 0 Å². The number of benzene rings is 18. The van der Waals surface area contributed by atoms with Gasteiger partial charge in [0.2, 0.25) is 0 Å². The van der Waals surface area contributed by atoms with Gasteiger partial charge in [-0.25, -0.2) is 0 Å². The molecule has 0 spiro atoms. The Morgan fingerprint density at radius 3 is 1.15 bits per heavy atom. The molecule has 12 aliphatic rings. The molecule has 0 unspecified atom stereocenters. The highest BCUT2D eigenvalue weighted by Gasteiger charge is 2.38. The molecule has 0 bridgehead atoms. The van der Waals surface area contributed by atoms with E-state index in [9.17, 15) is 0 Å². The molecule has 6 nitrogen and oxygen atoms in total. The van der Waals surface area contributed by atoms with Gasteiger partial charge in [-0.2, -0.15) is 0 Å². The number of rotatable bonds is 0. The summed E-state index contributed by atoms with van der Waals surface area (Å²) >= 11 is 0. The van der Waals surface area contributed by atoms with E-state index in [1.54, 1.807) is 0 Å². The third-order valence-electron chi connectivity index (χ3n) is 28.0. The van der Waals surface area contributed by atoms with Crippen molar-refractivity contribution < 1.29 is 0 Å². The predicted molar refractivity (Wildman–Crippen MR) is 575 cm³/mol. The zero-order valence-corrected chi connectivity index (χ0v) is 72.6. The molecule has 612 valence electrons. The Morgan fingerprint density at radius 1 is 0.167 bits per heavy atom. The second kappa shape index (κ2) is 33.0. The highest BCUT2D eigenvalue weighted by atomic mass is 15.1. The average Bonchev–Trinajstić information content (AvgIpc) is 0.702. The van der Waals surface area contributed by atoms with Crippen molar-refractivity contribution in [2.75, 3.05) is 9.62 Å². The molecule has 18 aromatic rings. The fraction of sp³-hybridized carbons (Fsp3) is 0. The number of allylic oxidation sites excluding steroid dienone is 8. The van der Waals surface area contributed by atoms with Crippen LogP contribution in [0.2, 0.25) is 0 Å². The summed E-state index contributed by atoms with van der Waals surface area (Å²) in [5.41, 5.74) is 24.2. The maximum atomic E-state index is 2.38. The summed E-state index contributed by atoms with van der Waals surface area (Å²) in [6.45, 7) is 1.81. The summed E-state index contributed by atoms with van der Waals surface area (Å²) in [4.78, 5) is 13.8. The standard InChI is InChI=1S/6C20H14BN/c1-2-8-16-15(7-1)11-12-18-17-9-3-4-10-19(17)22-14-6-5-13-21(22)20(16)18;1-2-7-17-14-19-18(13-16(17)6-1)10-12-22-20-8-4-3-5-15(20)9-11-21(19)22;1-2-7-17-14-20-18(13-16(17)6-1)10-12-22-11-9-15-5-3-4-8-19(15)21(20)22;1-2-6-18-15(5-1)7-8-16-14-20-17(13-19(16)18)9-12-22-11-4-3-10-21(20)22;1-2-6-18-15(5-1)7-8-16-13-17-9-12-22-11-4-3-10-21(22)20(17)14-19(16)18;1-2-6-16-12-19-14-20-17(13-18(19)11-15(16)5-1)7-10-22-9-4-3-8-21(20)22/h6*1-14H. The summed E-state index contributed by atoms with van der Waals surface area (Å²) < 4.78 is 0. The van der Waals surface area contributed by atoms with E-state index in [0.717, 1.165) is 0 Å². The van der Waals surface area contributed by atoms with Crippen molar-refractivity contribution >= 4 is 230 Å². The lowest BCUT2D eigenvalue weighted by molar-refractivity contribution is 0.797. The number of nitrogens with zero attached hydrogens (tertiary/aromatic N) is 6. The average molecular weight is 1670 g/mol. The first-order valence-electron chi connectivity index (χ1n) is 46.0. The van der Waals surface area contributed by atoms with Gasteiger partial charge in [0.1, 0.15) is 0 Å². The topological polar surface area (TPSA) is 19.4 Å². The lowest BCUT2D eigenvalue weighted by atomic mass is 9.45. The Bertz CT molecular complexity index is 8320. The van der Waals surface area contributed by atoms with E-state index >= 15 is 0 Å². The molecule has 30 rings (SSSR count). The first kappa shape index (κ1) is 77.9. The van der Waals surface area contributed by atoms with Gasteiger partial charge in [-0.3, -0.25) is 0 Å². The maximum absolute atomic E-state index is 2.38. The van der Waals surface area contributed by atoms with Gasteiger partial charge in [-0.05, 0) is 357 Å². The number of hydrogen-bond donors (Lipinski definition) is 0. The normalized spacial score (nSPS) is 15.1. The number of anilines is 2. The zero-order valence-electron chi connectivity index (χ0n) is 72.6. The van der Waals surface area contributed by atoms with Crippen LogP contribution in [0.4, 0.5) is 11.4 Å². The van der Waals surface area contributed by atoms with Crippen LogP contribution >= 0.6 is 0 Å². The first-order valence-corrected chi connectivity index (χ1v) is 46.0. The van der Waals surface area contributed by atoms with Crippen LogP contribution in [0.5, 0.6) is 0 Å². The Hall–Kier alpha value is -16.4. The van der Waals surface area contributed by atoms with Crippen LogP contribution in [0.15, 0.2) is 468 Å². The molecule has 18 aromatic carbocycles. The lowest BCUT2D eigenvalue weighted by Gasteiger charge is -2.36. The van der Waals surface area contributed by atoms with Crippen molar-refractivity contribution in [2.45, 2.75) is 0 Å². The molecule has 0 saturated heterocycles. The van der Waals surface area contributed by atoms with E-state index in [0.29, 0.717) is 27.4 Å². The minimum atomic E-state index is 0.279. The third kappa shape index (κ3) is 14.0. The monoisotopic (exact) mass is 1670 g/mol. The highest BCUT2D eigenvalue weighted by Crippen LogP contribution is 2.40. The van der Waals surface area contributed by atoms with Gasteiger partial charge in [0.05, 0.1) is 0 Å². The van der Waals surface area contributed by atoms with Crippen molar-refractivity contribution in [3.05, 3.63) is 507 Å². The molecule has 12 heterocycles. The van der Waals surface area contributed by atoms with Crippen molar-refractivity contribution in [3.8, 4) is 11.1 Å². The van der Waals surface area contributed by atoms with Gasteiger partial charge >= 0.3 is 41.1 Å². The molecule has 0 amide bonds. The van der Waals surface area contributed by atoms with Gasteiger partial charge < -0.3 is 28.9 Å². The SMILES string of the molecule is C1=CB2c3c(ccc4ccccc34)-c3ccccc3N2C=C1.C1=CB2c3cc4c(ccc5ccccc54)cc3C=CN2C=C1.C1=CB2c3cc4cc5ccccc5cc4cc3C=CN2C=C1.C1=CB2c3cc4ccc5ccccc5c4cc3C=CN2C=C1.C1=CN2C=Cc3cc4ccccc4cc3B2c2ccccc21.C1=Cc2ccccc2N2C=Cc3cc4ccccc4cc3B12. The molecule has 0 radical (unpaired) electrons. The largest absolute Gasteiger partial charge is 0.389 e. The molecule has 12 aliphatic heterocycles. The number of hydrogen-bond acceptors (Lipinski definition) is 6. The van der Waals surface area contributed by atoms with Crippen LogP contribution in [-0.4, -0.2) is 60.3 Å². The molecule has 0 aromatic heterocycles. The van der Waals surface area contributed by atoms with Crippen LogP contribution in [0, 0.1) is 0 Å². The third-order valence-corrected chi connectivity index (χ3v) is 28.0. The van der Waals surface area contributed by atoms with Gasteiger partial charge in [0.25, 0.3) is 0 Å². The molecule has 0 aliphatic carbocycles. The van der Waals surface area contributed by atoms with Crippen LogP contribution < -0.4 is 47.9 Å². The van der Waals surface area contributed by atoms with E-state index in [-0.39, 0.29) is 13.7 Å². The second-order valence-electron chi connectivity index (χ2n) is 35.5. The summed E-state index contributed by atoms with van der Waals surface area (Å²) in [7, 11) is 0. The lowest BCUT2D eigenvalue weighted by Crippen LogP contribution is -2.56. The molecule has 0 atom stereocenters. The van der Waals surface area contributed by atoms with Gasteiger partial charge in [0, 0.05) is 16.9 Å². The maximum Gasteiger partial charge on any atom is 0.328 e. The summed E-state index contributed by atoms with van der Waals surface area (Å²) in [6, 6.07) is 119. The Morgan fingerprint density at radius 2 is 0.538 bits per heavy atom. The Kier molecular flexibility index (Phi) is 19.5. The number of fused-ring (bicyclic) bond motifs is 37. The molecule has 0 saturated carbocycles. The highest BCUT2D eigenvalue weighted by molar-refractivity contribution is 6.87. The Balaban J connectivity index is 0.0000000851. The Labute approximate surface area is 771 Å². The minimum Gasteiger partial charge on any atom is -0.389 e. The molecule has 0 fully saturated rings. The van der Waals surface area contributed by atoms with Crippen LogP contribution in [-0.2, 0) is 0 Å². The van der Waals surface area contributed by atoms with E-state index in [4.69, 9.17) is 0 Å². The molecule has 12 heteroatoms. The van der Waals surface area contributed by atoms with Crippen LogP contribution in [0.1, 0.15) is 38.9 Å². The van der Waals surface area contributed by atoms with Gasteiger partial charge in [-0.1, -0.05) is 333 Å². The molecule has 0 N–H and O–H groups in total. The fourth-order valence-electron chi connectivity index (χ4n) is 21.6. The van der Waals surface area contributed by atoms with Crippen LogP contribution in [0.25, 0.3) is 151 Å². The summed E-state index contributed by atoms with van der Waals surface area (Å²) in [6.07, 6.45) is 54.1. The molecular formula is C120H84B6N6. The van der Waals surface area contributed by atoms with Crippen molar-refractivity contribution in [1.29, 1.82) is 0 Å². The second-order valence-corrected chi connectivity index (χ2v) is 35.5. The summed E-state index contributed by atoms with van der Waals surface area (Å²) in [5.74, 6) is 11.4. The van der Waals surface area contributed by atoms with Crippen LogP contribution in [0.3, 0.4) is 0 Å². The molecule has 132 heavy (non-hydrogen) atoms. The van der Waals surface area contributed by atoms with Gasteiger partial charge in [0.15, 0.2) is 0 Å². The minimum absolute atomic E-state index is 0.279. The zero-order chi connectivity index (χ0) is 87.1. The van der Waals surface area contributed by atoms with E-state index in [1.165, 1.54) is 197 Å². The smallest absolute Gasteiger partial charge is 0.328 e. The van der Waals surface area contributed by atoms with E-state index in [2.05, 4.69) is 539 Å². The molecular weight excluding hydrogens is 1590 g/mol. The number of para-hydroxylation sites is 2. The van der Waals surface area contributed by atoms with E-state index in [1.807, 2.05) is 0 Å². The van der Waals surface area contributed by atoms with Crippen molar-refractivity contribution in [1.82, 2.24) is 19.2 Å². The first-order chi connectivity index (χ1) is 65.4. The fourth-order valence-corrected chi connectivity index (χ4v) is 21.6. The predicted octanol–water partition coefficient (Wildman–Crippen LogP) is 23.8. The summed E-state index contributed by atoms with van der Waals surface area (Å²) in [5, 5.41) is 23.7.